The molecule has 14 heavy (non-hydrogen) atoms. The van der Waals surface area contributed by atoms with Crippen LogP contribution in [0.25, 0.3) is 10.4 Å². The Labute approximate surface area is 88.4 Å². The molecule has 1 nitrogen and oxygen atoms in total. The summed E-state index contributed by atoms with van der Waals surface area (Å²) in [4.78, 5) is 1.33. The van der Waals surface area contributed by atoms with Gasteiger partial charge in [-0.05, 0) is 30.0 Å². The molecule has 0 saturated carbocycles. The van der Waals surface area contributed by atoms with Gasteiger partial charge in [-0.15, -0.1) is 11.3 Å². The van der Waals surface area contributed by atoms with Crippen molar-refractivity contribution in [3.8, 4) is 10.4 Å². The highest BCUT2D eigenvalue weighted by atomic mass is 32.1. The molecule has 0 aliphatic rings. The quantitative estimate of drug-likeness (QED) is 0.783. The molecule has 2 heteroatoms. The number of thiophene rings is 1. The van der Waals surface area contributed by atoms with Crippen molar-refractivity contribution in [3.63, 3.8) is 0 Å². The third-order valence-corrected chi connectivity index (χ3v) is 3.20. The lowest BCUT2D eigenvalue weighted by molar-refractivity contribution is 1.43. The fourth-order valence-electron chi connectivity index (χ4n) is 1.62. The average Bonchev–Trinajstić information content (AvgIpc) is 2.70. The summed E-state index contributed by atoms with van der Waals surface area (Å²) < 4.78 is 0. The molecular formula is C12H13NS. The maximum absolute atomic E-state index is 3.23. The van der Waals surface area contributed by atoms with Gasteiger partial charge in [-0.25, -0.2) is 0 Å². The Balaban J connectivity index is 2.61. The van der Waals surface area contributed by atoms with E-state index in [0.29, 0.717) is 0 Å². The van der Waals surface area contributed by atoms with Crippen LogP contribution in [0.3, 0.4) is 0 Å². The molecule has 72 valence electrons. The zero-order chi connectivity index (χ0) is 9.97. The lowest BCUT2D eigenvalue weighted by atomic mass is 10.1. The molecule has 2 rings (SSSR count). The van der Waals surface area contributed by atoms with Crippen molar-refractivity contribution in [2.24, 2.45) is 0 Å². The molecule has 0 atom stereocenters. The molecule has 0 aliphatic carbocycles. The van der Waals surface area contributed by atoms with E-state index in [0.717, 1.165) is 0 Å². The van der Waals surface area contributed by atoms with Gasteiger partial charge in [0.15, 0.2) is 0 Å². The van der Waals surface area contributed by atoms with Crippen LogP contribution in [-0.2, 0) is 0 Å². The number of hydrogen-bond donors (Lipinski definition) is 1. The van der Waals surface area contributed by atoms with Gasteiger partial charge in [-0.3, -0.25) is 0 Å². The molecule has 0 saturated heterocycles. The monoisotopic (exact) mass is 203 g/mol. The molecule has 0 amide bonds. The number of anilines is 1. The molecule has 0 aliphatic heterocycles. The first-order chi connectivity index (χ1) is 6.83. The number of aryl methyl sites for hydroxylation is 1. The molecule has 0 bridgehead atoms. The predicted molar refractivity (Wildman–Crippen MR) is 64.0 cm³/mol. The third kappa shape index (κ3) is 1.53. The molecular weight excluding hydrogens is 190 g/mol. The number of nitrogens with one attached hydrogen (secondary N) is 1. The SMILES string of the molecule is CNc1cccc(C)c1-c1cccs1. The van der Waals surface area contributed by atoms with E-state index in [-0.39, 0.29) is 0 Å². The van der Waals surface area contributed by atoms with Crippen molar-refractivity contribution < 1.29 is 0 Å². The minimum Gasteiger partial charge on any atom is -0.388 e. The normalized spacial score (nSPS) is 10.1. The second kappa shape index (κ2) is 3.84. The lowest BCUT2D eigenvalue weighted by Crippen LogP contribution is -1.92. The van der Waals surface area contributed by atoms with E-state index in [1.54, 1.807) is 11.3 Å². The molecule has 1 N–H and O–H groups in total. The molecule has 0 radical (unpaired) electrons. The summed E-state index contributed by atoms with van der Waals surface area (Å²) in [7, 11) is 1.96. The van der Waals surface area contributed by atoms with E-state index in [9.17, 15) is 0 Å². The van der Waals surface area contributed by atoms with Crippen LogP contribution in [-0.4, -0.2) is 7.05 Å². The highest BCUT2D eigenvalue weighted by Gasteiger charge is 2.06. The van der Waals surface area contributed by atoms with E-state index >= 15 is 0 Å². The molecule has 1 aromatic carbocycles. The van der Waals surface area contributed by atoms with Crippen molar-refractivity contribution in [2.45, 2.75) is 6.92 Å². The molecule has 0 spiro atoms. The Morgan fingerprint density at radius 3 is 2.64 bits per heavy atom. The van der Waals surface area contributed by atoms with Gasteiger partial charge < -0.3 is 5.32 Å². The minimum absolute atomic E-state index is 1.20. The molecule has 0 fully saturated rings. The lowest BCUT2D eigenvalue weighted by Gasteiger charge is -2.10. The zero-order valence-corrected chi connectivity index (χ0v) is 9.19. The van der Waals surface area contributed by atoms with Gasteiger partial charge in [0.25, 0.3) is 0 Å². The summed E-state index contributed by atoms with van der Waals surface area (Å²) in [6, 6.07) is 10.6. The second-order valence-electron chi connectivity index (χ2n) is 3.22. The van der Waals surface area contributed by atoms with Crippen LogP contribution in [0.4, 0.5) is 5.69 Å². The van der Waals surface area contributed by atoms with Gasteiger partial charge in [0, 0.05) is 23.2 Å². The van der Waals surface area contributed by atoms with Crippen molar-refractivity contribution in [2.75, 3.05) is 12.4 Å². The zero-order valence-electron chi connectivity index (χ0n) is 8.37. The van der Waals surface area contributed by atoms with Crippen LogP contribution in [0.2, 0.25) is 0 Å². The molecule has 1 heterocycles. The fraction of sp³-hybridized carbons (Fsp3) is 0.167. The van der Waals surface area contributed by atoms with Crippen LogP contribution in [0, 0.1) is 6.92 Å². The van der Waals surface area contributed by atoms with Gasteiger partial charge in [0.2, 0.25) is 0 Å². The Morgan fingerprint density at radius 2 is 2.00 bits per heavy atom. The molecule has 2 aromatic rings. The Kier molecular flexibility index (Phi) is 2.55. The van der Waals surface area contributed by atoms with Crippen LogP contribution >= 0.6 is 11.3 Å². The maximum atomic E-state index is 3.23. The molecule has 1 aromatic heterocycles. The minimum atomic E-state index is 1.20. The Bertz CT molecular complexity index is 418. The third-order valence-electron chi connectivity index (χ3n) is 2.31. The first-order valence-electron chi connectivity index (χ1n) is 4.64. The van der Waals surface area contributed by atoms with Crippen molar-refractivity contribution in [3.05, 3.63) is 41.3 Å². The van der Waals surface area contributed by atoms with Crippen LogP contribution in [0.5, 0.6) is 0 Å². The summed E-state index contributed by atoms with van der Waals surface area (Å²) in [6.45, 7) is 2.15. The van der Waals surface area contributed by atoms with Gasteiger partial charge >= 0.3 is 0 Å². The van der Waals surface area contributed by atoms with E-state index in [2.05, 4.69) is 48.0 Å². The van der Waals surface area contributed by atoms with Crippen molar-refractivity contribution >= 4 is 17.0 Å². The fourth-order valence-corrected chi connectivity index (χ4v) is 2.47. The highest BCUT2D eigenvalue weighted by molar-refractivity contribution is 7.13. The summed E-state index contributed by atoms with van der Waals surface area (Å²) in [5.74, 6) is 0. The predicted octanol–water partition coefficient (Wildman–Crippen LogP) is 3.77. The second-order valence-corrected chi connectivity index (χ2v) is 4.17. The van der Waals surface area contributed by atoms with E-state index in [1.807, 2.05) is 7.05 Å². The van der Waals surface area contributed by atoms with Gasteiger partial charge in [0.05, 0.1) is 0 Å². The van der Waals surface area contributed by atoms with Crippen molar-refractivity contribution in [1.29, 1.82) is 0 Å². The van der Waals surface area contributed by atoms with Crippen LogP contribution in [0.1, 0.15) is 5.56 Å². The molecule has 0 unspecified atom stereocenters. The van der Waals surface area contributed by atoms with Crippen molar-refractivity contribution in [1.82, 2.24) is 0 Å². The van der Waals surface area contributed by atoms with E-state index in [1.165, 1.54) is 21.7 Å². The van der Waals surface area contributed by atoms with Gasteiger partial charge in [0.1, 0.15) is 0 Å². The summed E-state index contributed by atoms with van der Waals surface area (Å²) in [5.41, 5.74) is 3.84. The standard InChI is InChI=1S/C12H13NS/c1-9-5-3-6-10(13-2)12(9)11-7-4-8-14-11/h3-8,13H,1-2H3. The van der Waals surface area contributed by atoms with E-state index < -0.39 is 0 Å². The van der Waals surface area contributed by atoms with Gasteiger partial charge in [-0.2, -0.15) is 0 Å². The number of benzene rings is 1. The maximum Gasteiger partial charge on any atom is 0.0428 e. The van der Waals surface area contributed by atoms with Crippen LogP contribution < -0.4 is 5.32 Å². The summed E-state index contributed by atoms with van der Waals surface area (Å²) in [6.07, 6.45) is 0. The summed E-state index contributed by atoms with van der Waals surface area (Å²) in [5, 5.41) is 5.34. The Hall–Kier alpha value is -1.28. The number of hydrogen-bond acceptors (Lipinski definition) is 2. The number of rotatable bonds is 2. The Morgan fingerprint density at radius 1 is 1.14 bits per heavy atom. The largest absolute Gasteiger partial charge is 0.388 e. The summed E-state index contributed by atoms with van der Waals surface area (Å²) >= 11 is 1.78. The average molecular weight is 203 g/mol. The smallest absolute Gasteiger partial charge is 0.0428 e. The van der Waals surface area contributed by atoms with E-state index in [4.69, 9.17) is 0 Å². The highest BCUT2D eigenvalue weighted by Crippen LogP contribution is 2.33. The first kappa shape index (κ1) is 9.28. The van der Waals surface area contributed by atoms with Gasteiger partial charge in [-0.1, -0.05) is 18.2 Å². The topological polar surface area (TPSA) is 12.0 Å². The first-order valence-corrected chi connectivity index (χ1v) is 5.52. The van der Waals surface area contributed by atoms with Crippen LogP contribution in [0.15, 0.2) is 35.7 Å².